The molecule has 2 nitrogen and oxygen atoms in total. The molecule has 0 aliphatic rings. The van der Waals surface area contributed by atoms with Gasteiger partial charge in [0.15, 0.2) is 0 Å². The third kappa shape index (κ3) is 5.32. The lowest BCUT2D eigenvalue weighted by molar-refractivity contribution is 0.587. The number of hydrogen-bond donors (Lipinski definition) is 0. The van der Waals surface area contributed by atoms with Crippen molar-refractivity contribution >= 4 is 8.51 Å². The molecule has 0 aliphatic heterocycles. The molecule has 0 spiro atoms. The Morgan fingerprint density at radius 2 is 1.60 bits per heavy atom. The minimum Gasteiger partial charge on any atom is -0.225 e. The van der Waals surface area contributed by atoms with Gasteiger partial charge < -0.3 is 0 Å². The Bertz CT molecular complexity index is 258. The second-order valence-corrected chi connectivity index (χ2v) is 4.87. The van der Waals surface area contributed by atoms with Crippen LogP contribution in [0.15, 0.2) is 0 Å². The summed E-state index contributed by atoms with van der Waals surface area (Å²) in [6.45, 7) is 4.35. The number of rotatable bonds is 8. The van der Waals surface area contributed by atoms with Crippen molar-refractivity contribution in [3.05, 3.63) is 11.4 Å². The first-order chi connectivity index (χ1) is 7.34. The van der Waals surface area contributed by atoms with Gasteiger partial charge in [-0.25, -0.2) is 9.49 Å². The smallest absolute Gasteiger partial charge is 0.0675 e. The Hall–Kier alpha value is -0.360. The molecule has 86 valence electrons. The molecule has 0 fully saturated rings. The number of unbranched alkanes of at least 4 members (excludes halogenated alkanes) is 6. The summed E-state index contributed by atoms with van der Waals surface area (Å²) < 4.78 is 8.70. The molecule has 1 aromatic rings. The maximum atomic E-state index is 4.40. The van der Waals surface area contributed by atoms with E-state index in [1.807, 2.05) is 0 Å². The molecule has 0 radical (unpaired) electrons. The van der Waals surface area contributed by atoms with E-state index in [0.29, 0.717) is 8.51 Å². The van der Waals surface area contributed by atoms with E-state index in [2.05, 4.69) is 23.3 Å². The van der Waals surface area contributed by atoms with Gasteiger partial charge in [-0.15, -0.1) is 0 Å². The quantitative estimate of drug-likeness (QED) is 0.623. The highest BCUT2D eigenvalue weighted by Crippen LogP contribution is 2.13. The fourth-order valence-corrected chi connectivity index (χ4v) is 2.52. The molecule has 1 aromatic heterocycles. The van der Waals surface area contributed by atoms with E-state index in [9.17, 15) is 0 Å². The van der Waals surface area contributed by atoms with Crippen LogP contribution in [-0.4, -0.2) is 9.49 Å². The van der Waals surface area contributed by atoms with Crippen LogP contribution in [-0.2, 0) is 6.42 Å². The molecule has 15 heavy (non-hydrogen) atoms. The number of aryl methyl sites for hydroxylation is 2. The number of aromatic nitrogens is 2. The average Bonchev–Trinajstić information content (AvgIpc) is 2.63. The minimum absolute atomic E-state index is 0.457. The second-order valence-electron chi connectivity index (χ2n) is 4.23. The van der Waals surface area contributed by atoms with Crippen LogP contribution in [0.4, 0.5) is 0 Å². The van der Waals surface area contributed by atoms with Crippen LogP contribution >= 0.6 is 8.51 Å². The first kappa shape index (κ1) is 12.7. The molecule has 0 amide bonds. The lowest BCUT2D eigenvalue weighted by Gasteiger charge is -2.00. The molecular formula is C12H23N2P. The summed E-state index contributed by atoms with van der Waals surface area (Å²) in [5, 5.41) is 0. The molecule has 3 heteroatoms. The maximum absolute atomic E-state index is 4.40. The van der Waals surface area contributed by atoms with Crippen LogP contribution in [0.2, 0.25) is 0 Å². The van der Waals surface area contributed by atoms with Crippen LogP contribution in [0, 0.1) is 6.92 Å². The van der Waals surface area contributed by atoms with Crippen LogP contribution in [0.25, 0.3) is 0 Å². The monoisotopic (exact) mass is 226 g/mol. The zero-order chi connectivity index (χ0) is 10.9. The van der Waals surface area contributed by atoms with Gasteiger partial charge in [0, 0.05) is 0 Å². The molecule has 1 unspecified atom stereocenters. The Morgan fingerprint density at radius 1 is 0.933 bits per heavy atom. The summed E-state index contributed by atoms with van der Waals surface area (Å²) in [7, 11) is 0.457. The van der Waals surface area contributed by atoms with E-state index in [0.717, 1.165) is 6.42 Å². The molecule has 1 atom stereocenters. The summed E-state index contributed by atoms with van der Waals surface area (Å²) in [6, 6.07) is 0. The summed E-state index contributed by atoms with van der Waals surface area (Å²) in [5.74, 6) is 0. The van der Waals surface area contributed by atoms with Crippen molar-refractivity contribution in [1.82, 2.24) is 9.49 Å². The van der Waals surface area contributed by atoms with E-state index in [1.165, 1.54) is 56.3 Å². The molecule has 0 aromatic carbocycles. The van der Waals surface area contributed by atoms with Gasteiger partial charge in [-0.1, -0.05) is 45.4 Å². The van der Waals surface area contributed by atoms with Gasteiger partial charge >= 0.3 is 0 Å². The Kier molecular flexibility index (Phi) is 6.67. The van der Waals surface area contributed by atoms with Crippen LogP contribution < -0.4 is 0 Å². The van der Waals surface area contributed by atoms with E-state index < -0.39 is 0 Å². The van der Waals surface area contributed by atoms with Crippen LogP contribution in [0.1, 0.15) is 63.3 Å². The maximum Gasteiger partial charge on any atom is 0.0675 e. The number of nitrogens with zero attached hydrogens (tertiary/aromatic N) is 2. The highest BCUT2D eigenvalue weighted by atomic mass is 31.1. The fraction of sp³-hybridized carbons (Fsp3) is 0.833. The van der Waals surface area contributed by atoms with E-state index >= 15 is 0 Å². The molecule has 1 heterocycles. The lowest BCUT2D eigenvalue weighted by atomic mass is 10.1. The zero-order valence-corrected chi connectivity index (χ0v) is 11.1. The molecule has 0 N–H and O–H groups in total. The van der Waals surface area contributed by atoms with Gasteiger partial charge in [0.05, 0.1) is 19.9 Å². The van der Waals surface area contributed by atoms with Gasteiger partial charge in [-0.2, -0.15) is 0 Å². The minimum atomic E-state index is 0.457. The summed E-state index contributed by atoms with van der Waals surface area (Å²) in [5.41, 5.74) is 2.45. The van der Waals surface area contributed by atoms with Gasteiger partial charge in [0.2, 0.25) is 0 Å². The second kappa shape index (κ2) is 7.87. The lowest BCUT2D eigenvalue weighted by Crippen LogP contribution is -1.89. The van der Waals surface area contributed by atoms with E-state index in [1.54, 1.807) is 0 Å². The van der Waals surface area contributed by atoms with Crippen LogP contribution in [0.5, 0.6) is 0 Å². The summed E-state index contributed by atoms with van der Waals surface area (Å²) in [4.78, 5) is 0. The topological polar surface area (TPSA) is 25.8 Å². The number of hydrogen-bond acceptors (Lipinski definition) is 2. The molecule has 1 rings (SSSR count). The summed E-state index contributed by atoms with van der Waals surface area (Å²) >= 11 is 0. The first-order valence-corrected chi connectivity index (χ1v) is 7.10. The third-order valence-corrected chi connectivity index (χ3v) is 3.64. The van der Waals surface area contributed by atoms with Crippen molar-refractivity contribution < 1.29 is 0 Å². The van der Waals surface area contributed by atoms with Gasteiger partial charge in [-0.3, -0.25) is 0 Å². The molecule has 0 bridgehead atoms. The largest absolute Gasteiger partial charge is 0.225 e. The average molecular weight is 226 g/mol. The first-order valence-electron chi connectivity index (χ1n) is 6.21. The Labute approximate surface area is 95.1 Å². The van der Waals surface area contributed by atoms with Crippen molar-refractivity contribution in [2.45, 2.75) is 65.2 Å². The molecular weight excluding hydrogens is 203 g/mol. The molecule has 0 saturated carbocycles. The normalized spacial score (nSPS) is 11.3. The van der Waals surface area contributed by atoms with E-state index in [4.69, 9.17) is 0 Å². The fourth-order valence-electron chi connectivity index (χ4n) is 1.79. The van der Waals surface area contributed by atoms with Gasteiger partial charge in [0.1, 0.15) is 0 Å². The van der Waals surface area contributed by atoms with Gasteiger partial charge in [0.25, 0.3) is 0 Å². The zero-order valence-electron chi connectivity index (χ0n) is 10.1. The highest BCUT2D eigenvalue weighted by Gasteiger charge is 2.00. The van der Waals surface area contributed by atoms with Crippen LogP contribution in [0.3, 0.4) is 0 Å². The van der Waals surface area contributed by atoms with Crippen molar-refractivity contribution in [3.8, 4) is 0 Å². The third-order valence-electron chi connectivity index (χ3n) is 2.84. The van der Waals surface area contributed by atoms with Crippen molar-refractivity contribution in [1.29, 1.82) is 0 Å². The Balaban J connectivity index is 1.96. The van der Waals surface area contributed by atoms with E-state index in [-0.39, 0.29) is 0 Å². The predicted molar refractivity (Wildman–Crippen MR) is 68.0 cm³/mol. The SMILES string of the molecule is CCCCCCCCCc1n[pH]nc1C. The van der Waals surface area contributed by atoms with Gasteiger partial charge in [-0.05, 0) is 19.8 Å². The van der Waals surface area contributed by atoms with Crippen molar-refractivity contribution in [3.63, 3.8) is 0 Å². The highest BCUT2D eigenvalue weighted by molar-refractivity contribution is 7.20. The standard InChI is InChI=1S/C12H23N2P/c1-3-4-5-6-7-8-9-10-12-11(2)13-15-14-12/h15H,3-10H2,1-2H3. The molecule has 0 aliphatic carbocycles. The van der Waals surface area contributed by atoms with Crippen molar-refractivity contribution in [2.24, 2.45) is 0 Å². The van der Waals surface area contributed by atoms with Crippen molar-refractivity contribution in [2.75, 3.05) is 0 Å². The summed E-state index contributed by atoms with van der Waals surface area (Å²) in [6.07, 6.45) is 10.8. The Morgan fingerprint density at radius 3 is 2.20 bits per heavy atom. The molecule has 0 saturated heterocycles. The predicted octanol–water partition coefficient (Wildman–Crippen LogP) is 4.11.